The summed E-state index contributed by atoms with van der Waals surface area (Å²) >= 11 is 0. The van der Waals surface area contributed by atoms with Crippen molar-refractivity contribution >= 4 is 0 Å². The third kappa shape index (κ3) is 3.03. The molecule has 1 saturated heterocycles. The maximum Gasteiger partial charge on any atom is 0.00326 e. The Morgan fingerprint density at radius 1 is 0.810 bits per heavy atom. The summed E-state index contributed by atoms with van der Waals surface area (Å²) in [6.07, 6.45) is 1.22. The SMILES string of the molecule is Cc1ccc(C2CNCCC2c2ccc(C)c(C)c2)cc1. The maximum absolute atomic E-state index is 3.57. The molecule has 1 aliphatic heterocycles. The summed E-state index contributed by atoms with van der Waals surface area (Å²) in [6.45, 7) is 8.78. The zero-order valence-corrected chi connectivity index (χ0v) is 13.3. The van der Waals surface area contributed by atoms with Crippen LogP contribution in [0.2, 0.25) is 0 Å². The minimum absolute atomic E-state index is 0.585. The number of rotatable bonds is 2. The van der Waals surface area contributed by atoms with Crippen LogP contribution in [0.3, 0.4) is 0 Å². The van der Waals surface area contributed by atoms with Gasteiger partial charge in [-0.1, -0.05) is 48.0 Å². The first-order chi connectivity index (χ1) is 10.1. The minimum Gasteiger partial charge on any atom is -0.316 e. The zero-order valence-electron chi connectivity index (χ0n) is 13.3. The Hall–Kier alpha value is -1.60. The summed E-state index contributed by atoms with van der Waals surface area (Å²) in [6, 6.07) is 16.1. The van der Waals surface area contributed by atoms with Gasteiger partial charge in [-0.2, -0.15) is 0 Å². The van der Waals surface area contributed by atoms with E-state index in [4.69, 9.17) is 0 Å². The molecule has 0 aliphatic carbocycles. The summed E-state index contributed by atoms with van der Waals surface area (Å²) in [5.74, 6) is 1.22. The second-order valence-corrected chi connectivity index (χ2v) is 6.46. The van der Waals surface area contributed by atoms with Gasteiger partial charge < -0.3 is 5.32 Å². The van der Waals surface area contributed by atoms with Gasteiger partial charge in [-0.3, -0.25) is 0 Å². The molecule has 1 aliphatic rings. The van der Waals surface area contributed by atoms with Gasteiger partial charge >= 0.3 is 0 Å². The van der Waals surface area contributed by atoms with Gasteiger partial charge in [-0.15, -0.1) is 0 Å². The molecule has 2 unspecified atom stereocenters. The average molecular weight is 279 g/mol. The number of piperidine rings is 1. The predicted molar refractivity (Wildman–Crippen MR) is 90.1 cm³/mol. The smallest absolute Gasteiger partial charge is 0.00326 e. The first-order valence-electron chi connectivity index (χ1n) is 7.99. The lowest BCUT2D eigenvalue weighted by atomic mass is 9.77. The standard InChI is InChI=1S/C20H25N/c1-14-4-7-17(8-5-14)20-13-21-11-10-19(20)18-9-6-15(2)16(3)12-18/h4-9,12,19-21H,10-11,13H2,1-3H3. The number of nitrogens with one attached hydrogen (secondary N) is 1. The van der Waals surface area contributed by atoms with Gasteiger partial charge in [0.25, 0.3) is 0 Å². The van der Waals surface area contributed by atoms with Crippen LogP contribution in [0.4, 0.5) is 0 Å². The van der Waals surface area contributed by atoms with E-state index < -0.39 is 0 Å². The van der Waals surface area contributed by atoms with Crippen molar-refractivity contribution in [1.29, 1.82) is 0 Å². The molecule has 0 aromatic heterocycles. The Morgan fingerprint density at radius 3 is 2.24 bits per heavy atom. The summed E-state index contributed by atoms with van der Waals surface area (Å²) in [4.78, 5) is 0. The van der Waals surface area contributed by atoms with Crippen molar-refractivity contribution in [1.82, 2.24) is 5.32 Å². The molecule has 2 aromatic carbocycles. The van der Waals surface area contributed by atoms with E-state index in [9.17, 15) is 0 Å². The average Bonchev–Trinajstić information content (AvgIpc) is 2.51. The normalized spacial score (nSPS) is 22.2. The maximum atomic E-state index is 3.57. The molecule has 3 rings (SSSR count). The van der Waals surface area contributed by atoms with Crippen molar-refractivity contribution in [3.63, 3.8) is 0 Å². The Bertz CT molecular complexity index is 612. The monoisotopic (exact) mass is 279 g/mol. The zero-order chi connectivity index (χ0) is 14.8. The van der Waals surface area contributed by atoms with E-state index in [0.717, 1.165) is 13.1 Å². The van der Waals surface area contributed by atoms with E-state index in [1.165, 1.54) is 34.2 Å². The van der Waals surface area contributed by atoms with Crippen molar-refractivity contribution in [3.8, 4) is 0 Å². The van der Waals surface area contributed by atoms with Crippen LogP contribution in [0, 0.1) is 20.8 Å². The van der Waals surface area contributed by atoms with E-state index in [0.29, 0.717) is 11.8 Å². The van der Waals surface area contributed by atoms with Crippen LogP contribution in [0.15, 0.2) is 42.5 Å². The highest BCUT2D eigenvalue weighted by atomic mass is 14.9. The van der Waals surface area contributed by atoms with Crippen molar-refractivity contribution in [3.05, 3.63) is 70.3 Å². The topological polar surface area (TPSA) is 12.0 Å². The molecule has 0 saturated carbocycles. The molecule has 2 aromatic rings. The molecule has 2 atom stereocenters. The van der Waals surface area contributed by atoms with Crippen LogP contribution in [0.1, 0.15) is 46.1 Å². The van der Waals surface area contributed by atoms with Crippen LogP contribution in [-0.4, -0.2) is 13.1 Å². The number of hydrogen-bond donors (Lipinski definition) is 1. The van der Waals surface area contributed by atoms with Crippen molar-refractivity contribution in [2.45, 2.75) is 39.0 Å². The first-order valence-corrected chi connectivity index (χ1v) is 7.99. The van der Waals surface area contributed by atoms with Gasteiger partial charge in [0.15, 0.2) is 0 Å². The highest BCUT2D eigenvalue weighted by Crippen LogP contribution is 2.37. The lowest BCUT2D eigenvalue weighted by molar-refractivity contribution is 0.404. The predicted octanol–water partition coefficient (Wildman–Crippen LogP) is 4.47. The molecule has 1 nitrogen and oxygen atoms in total. The molecule has 0 radical (unpaired) electrons. The Kier molecular flexibility index (Phi) is 4.12. The molecule has 1 N–H and O–H groups in total. The van der Waals surface area contributed by atoms with Crippen LogP contribution in [0.5, 0.6) is 0 Å². The highest BCUT2D eigenvalue weighted by molar-refractivity contribution is 5.36. The van der Waals surface area contributed by atoms with E-state index in [-0.39, 0.29) is 0 Å². The largest absolute Gasteiger partial charge is 0.316 e. The fourth-order valence-electron chi connectivity index (χ4n) is 3.42. The van der Waals surface area contributed by atoms with Gasteiger partial charge in [0.05, 0.1) is 0 Å². The molecule has 21 heavy (non-hydrogen) atoms. The van der Waals surface area contributed by atoms with Gasteiger partial charge in [0.2, 0.25) is 0 Å². The summed E-state index contributed by atoms with van der Waals surface area (Å²) in [5.41, 5.74) is 7.11. The lowest BCUT2D eigenvalue weighted by Gasteiger charge is -2.33. The first kappa shape index (κ1) is 14.3. The molecule has 110 valence electrons. The third-order valence-corrected chi connectivity index (χ3v) is 4.95. The fourth-order valence-corrected chi connectivity index (χ4v) is 3.42. The van der Waals surface area contributed by atoms with Crippen LogP contribution >= 0.6 is 0 Å². The van der Waals surface area contributed by atoms with Crippen LogP contribution in [0.25, 0.3) is 0 Å². The molecule has 0 amide bonds. The molecular formula is C20H25N. The van der Waals surface area contributed by atoms with Gasteiger partial charge in [0.1, 0.15) is 0 Å². The third-order valence-electron chi connectivity index (χ3n) is 4.95. The summed E-state index contributed by atoms with van der Waals surface area (Å²) < 4.78 is 0. The Morgan fingerprint density at radius 2 is 1.52 bits per heavy atom. The van der Waals surface area contributed by atoms with Crippen LogP contribution in [-0.2, 0) is 0 Å². The number of benzene rings is 2. The molecular weight excluding hydrogens is 254 g/mol. The Labute approximate surface area is 128 Å². The second-order valence-electron chi connectivity index (χ2n) is 6.46. The molecule has 1 heterocycles. The molecule has 1 fully saturated rings. The minimum atomic E-state index is 0.585. The second kappa shape index (κ2) is 6.03. The van der Waals surface area contributed by atoms with E-state index in [2.05, 4.69) is 68.6 Å². The lowest BCUT2D eigenvalue weighted by Crippen LogP contribution is -2.34. The molecule has 0 bridgehead atoms. The molecule has 0 spiro atoms. The Balaban J connectivity index is 1.94. The van der Waals surface area contributed by atoms with E-state index in [1.807, 2.05) is 0 Å². The van der Waals surface area contributed by atoms with Crippen LogP contribution < -0.4 is 5.32 Å². The number of aryl methyl sites for hydroxylation is 3. The van der Waals surface area contributed by atoms with Gasteiger partial charge in [-0.25, -0.2) is 0 Å². The van der Waals surface area contributed by atoms with Crippen molar-refractivity contribution in [2.75, 3.05) is 13.1 Å². The fraction of sp³-hybridized carbons (Fsp3) is 0.400. The van der Waals surface area contributed by atoms with E-state index in [1.54, 1.807) is 0 Å². The van der Waals surface area contributed by atoms with E-state index >= 15 is 0 Å². The van der Waals surface area contributed by atoms with Gasteiger partial charge in [0, 0.05) is 12.5 Å². The summed E-state index contributed by atoms with van der Waals surface area (Å²) in [5, 5.41) is 3.57. The number of hydrogen-bond acceptors (Lipinski definition) is 1. The van der Waals surface area contributed by atoms with Gasteiger partial charge in [-0.05, 0) is 61.9 Å². The molecule has 1 heteroatoms. The van der Waals surface area contributed by atoms with Crippen molar-refractivity contribution in [2.24, 2.45) is 0 Å². The summed E-state index contributed by atoms with van der Waals surface area (Å²) in [7, 11) is 0. The van der Waals surface area contributed by atoms with Crippen molar-refractivity contribution < 1.29 is 0 Å². The quantitative estimate of drug-likeness (QED) is 0.855. The highest BCUT2D eigenvalue weighted by Gasteiger charge is 2.27.